The van der Waals surface area contributed by atoms with Crippen LogP contribution >= 0.6 is 0 Å². The zero-order valence-corrected chi connectivity index (χ0v) is 12.1. The summed E-state index contributed by atoms with van der Waals surface area (Å²) in [5.74, 6) is 0.239. The van der Waals surface area contributed by atoms with Crippen LogP contribution in [0.1, 0.15) is 16.1 Å². The average molecular weight is 295 g/mol. The van der Waals surface area contributed by atoms with Gasteiger partial charge in [0.2, 0.25) is 11.8 Å². The number of ether oxygens (including phenoxy) is 1. The second-order valence-electron chi connectivity index (χ2n) is 4.62. The molecule has 22 heavy (non-hydrogen) atoms. The number of hydrogen-bond acceptors (Lipinski definition) is 6. The van der Waals surface area contributed by atoms with Crippen LogP contribution in [0.5, 0.6) is 5.88 Å². The van der Waals surface area contributed by atoms with Crippen molar-refractivity contribution in [3.63, 3.8) is 0 Å². The molecule has 0 aliphatic carbocycles. The Hall–Kier alpha value is -3.09. The molecule has 0 unspecified atom stereocenters. The normalized spacial score (nSPS) is 10.5. The van der Waals surface area contributed by atoms with E-state index in [4.69, 9.17) is 4.74 Å². The van der Waals surface area contributed by atoms with Gasteiger partial charge in [-0.3, -0.25) is 20.1 Å². The van der Waals surface area contributed by atoms with Crippen LogP contribution in [0, 0.1) is 6.92 Å². The molecule has 3 heterocycles. The monoisotopic (exact) mass is 295 g/mol. The summed E-state index contributed by atoms with van der Waals surface area (Å²) in [5, 5.41) is 3.43. The molecule has 0 atom stereocenters. The van der Waals surface area contributed by atoms with Gasteiger partial charge in [0, 0.05) is 35.7 Å². The van der Waals surface area contributed by atoms with Crippen LogP contribution in [0.3, 0.4) is 0 Å². The Kier molecular flexibility index (Phi) is 3.61. The van der Waals surface area contributed by atoms with Gasteiger partial charge in [-0.1, -0.05) is 0 Å². The van der Waals surface area contributed by atoms with Crippen molar-refractivity contribution in [3.8, 4) is 5.88 Å². The summed E-state index contributed by atoms with van der Waals surface area (Å²) in [7, 11) is 1.51. The molecule has 3 aromatic rings. The highest BCUT2D eigenvalue weighted by Gasteiger charge is 2.11. The number of nitrogens with zero attached hydrogens (tertiary/aromatic N) is 4. The van der Waals surface area contributed by atoms with E-state index in [9.17, 15) is 4.79 Å². The standard InChI is InChI=1S/C15H13N5O2/c1-9-5-13(22-2)19-15(18-9)20-14(21)11-6-10-7-16-4-3-12(10)17-8-11/h3-8H,1-2H3,(H,18,19,20,21). The smallest absolute Gasteiger partial charge is 0.259 e. The number of aryl methyl sites for hydroxylation is 1. The third-order valence-corrected chi connectivity index (χ3v) is 3.01. The van der Waals surface area contributed by atoms with Gasteiger partial charge in [-0.05, 0) is 19.1 Å². The van der Waals surface area contributed by atoms with Crippen molar-refractivity contribution in [2.24, 2.45) is 0 Å². The zero-order chi connectivity index (χ0) is 15.5. The molecule has 0 radical (unpaired) electrons. The van der Waals surface area contributed by atoms with Crippen molar-refractivity contribution in [1.29, 1.82) is 0 Å². The van der Waals surface area contributed by atoms with E-state index in [2.05, 4.69) is 25.3 Å². The van der Waals surface area contributed by atoms with Crippen LogP contribution in [-0.4, -0.2) is 33.0 Å². The number of aromatic nitrogens is 4. The van der Waals surface area contributed by atoms with E-state index in [-0.39, 0.29) is 11.9 Å². The summed E-state index contributed by atoms with van der Waals surface area (Å²) >= 11 is 0. The highest BCUT2D eigenvalue weighted by Crippen LogP contribution is 2.14. The van der Waals surface area contributed by atoms with Gasteiger partial charge in [-0.2, -0.15) is 4.98 Å². The maximum atomic E-state index is 12.3. The van der Waals surface area contributed by atoms with Crippen molar-refractivity contribution >= 4 is 22.8 Å². The van der Waals surface area contributed by atoms with Gasteiger partial charge in [0.15, 0.2) is 0 Å². The number of hydrogen-bond donors (Lipinski definition) is 1. The molecule has 0 aromatic carbocycles. The Morgan fingerprint density at radius 1 is 1.23 bits per heavy atom. The topological polar surface area (TPSA) is 89.9 Å². The zero-order valence-electron chi connectivity index (χ0n) is 12.1. The number of fused-ring (bicyclic) bond motifs is 1. The number of nitrogens with one attached hydrogen (secondary N) is 1. The lowest BCUT2D eigenvalue weighted by Crippen LogP contribution is -2.15. The summed E-state index contributed by atoms with van der Waals surface area (Å²) in [6.45, 7) is 1.79. The average Bonchev–Trinajstić information content (AvgIpc) is 2.53. The number of carbonyl (C=O) groups is 1. The maximum absolute atomic E-state index is 12.3. The lowest BCUT2D eigenvalue weighted by Gasteiger charge is -2.07. The van der Waals surface area contributed by atoms with Gasteiger partial charge in [0.25, 0.3) is 5.91 Å². The molecule has 7 heteroatoms. The molecule has 1 N–H and O–H groups in total. The summed E-state index contributed by atoms with van der Waals surface area (Å²) in [4.78, 5) is 28.8. The van der Waals surface area contributed by atoms with Crippen LogP contribution in [0.2, 0.25) is 0 Å². The summed E-state index contributed by atoms with van der Waals surface area (Å²) in [5.41, 5.74) is 1.88. The van der Waals surface area contributed by atoms with Crippen molar-refractivity contribution in [1.82, 2.24) is 19.9 Å². The van der Waals surface area contributed by atoms with Gasteiger partial charge in [0.05, 0.1) is 18.2 Å². The van der Waals surface area contributed by atoms with E-state index in [0.717, 1.165) is 10.9 Å². The quantitative estimate of drug-likeness (QED) is 0.794. The van der Waals surface area contributed by atoms with Crippen LogP contribution in [0.15, 0.2) is 36.8 Å². The second kappa shape index (κ2) is 5.72. The Bertz CT molecular complexity index is 850. The number of pyridine rings is 2. The van der Waals surface area contributed by atoms with E-state index in [1.165, 1.54) is 13.3 Å². The summed E-state index contributed by atoms with van der Waals surface area (Å²) in [6.07, 6.45) is 4.82. The highest BCUT2D eigenvalue weighted by molar-refractivity contribution is 6.04. The van der Waals surface area contributed by atoms with E-state index < -0.39 is 0 Å². The van der Waals surface area contributed by atoms with Gasteiger partial charge in [-0.25, -0.2) is 4.98 Å². The Morgan fingerprint density at radius 3 is 2.91 bits per heavy atom. The molecular formula is C15H13N5O2. The van der Waals surface area contributed by atoms with Crippen LogP contribution < -0.4 is 10.1 Å². The number of methoxy groups -OCH3 is 1. The molecule has 0 aliphatic heterocycles. The fraction of sp³-hybridized carbons (Fsp3) is 0.133. The SMILES string of the molecule is COc1cc(C)nc(NC(=O)c2cnc3ccncc3c2)n1. The molecule has 0 saturated carbocycles. The third kappa shape index (κ3) is 2.83. The Balaban J connectivity index is 1.88. The first-order valence-electron chi connectivity index (χ1n) is 6.56. The molecule has 0 aliphatic rings. The molecule has 3 rings (SSSR count). The van der Waals surface area contributed by atoms with Gasteiger partial charge in [0.1, 0.15) is 0 Å². The van der Waals surface area contributed by atoms with E-state index >= 15 is 0 Å². The first kappa shape index (κ1) is 13.9. The molecule has 0 bridgehead atoms. The van der Waals surface area contributed by atoms with Crippen LogP contribution in [0.4, 0.5) is 5.95 Å². The number of amides is 1. The molecule has 0 fully saturated rings. The minimum atomic E-state index is -0.342. The van der Waals surface area contributed by atoms with Gasteiger partial charge >= 0.3 is 0 Å². The number of anilines is 1. The maximum Gasteiger partial charge on any atom is 0.259 e. The minimum Gasteiger partial charge on any atom is -0.481 e. The van der Waals surface area contributed by atoms with Crippen molar-refractivity contribution in [3.05, 3.63) is 48.0 Å². The van der Waals surface area contributed by atoms with Crippen molar-refractivity contribution < 1.29 is 9.53 Å². The first-order valence-corrected chi connectivity index (χ1v) is 6.56. The van der Waals surface area contributed by atoms with Crippen LogP contribution in [0.25, 0.3) is 10.9 Å². The number of carbonyl (C=O) groups excluding carboxylic acids is 1. The highest BCUT2D eigenvalue weighted by atomic mass is 16.5. The second-order valence-corrected chi connectivity index (χ2v) is 4.62. The van der Waals surface area contributed by atoms with E-state index in [0.29, 0.717) is 17.1 Å². The minimum absolute atomic E-state index is 0.188. The molecule has 110 valence electrons. The van der Waals surface area contributed by atoms with Crippen molar-refractivity contribution in [2.45, 2.75) is 6.92 Å². The Labute approximate surface area is 126 Å². The largest absolute Gasteiger partial charge is 0.481 e. The lowest BCUT2D eigenvalue weighted by molar-refractivity contribution is 0.102. The first-order chi connectivity index (χ1) is 10.7. The summed E-state index contributed by atoms with van der Waals surface area (Å²) in [6, 6.07) is 5.18. The Morgan fingerprint density at radius 2 is 2.09 bits per heavy atom. The van der Waals surface area contributed by atoms with Gasteiger partial charge < -0.3 is 4.74 Å². The predicted molar refractivity (Wildman–Crippen MR) is 80.8 cm³/mol. The van der Waals surface area contributed by atoms with Crippen molar-refractivity contribution in [2.75, 3.05) is 12.4 Å². The third-order valence-electron chi connectivity index (χ3n) is 3.01. The molecule has 3 aromatic heterocycles. The van der Waals surface area contributed by atoms with Gasteiger partial charge in [-0.15, -0.1) is 0 Å². The lowest BCUT2D eigenvalue weighted by atomic mass is 10.2. The number of rotatable bonds is 3. The summed E-state index contributed by atoms with van der Waals surface area (Å²) < 4.78 is 5.06. The predicted octanol–water partition coefficient (Wildman–Crippen LogP) is 1.99. The molecule has 0 spiro atoms. The molecule has 0 saturated heterocycles. The van der Waals surface area contributed by atoms with Crippen LogP contribution in [-0.2, 0) is 0 Å². The molecule has 1 amide bonds. The molecule has 7 nitrogen and oxygen atoms in total. The fourth-order valence-corrected chi connectivity index (χ4v) is 1.97. The fourth-order valence-electron chi connectivity index (χ4n) is 1.97. The van der Waals surface area contributed by atoms with E-state index in [1.54, 1.807) is 37.5 Å². The molecular weight excluding hydrogens is 282 g/mol. The van der Waals surface area contributed by atoms with E-state index in [1.807, 2.05) is 0 Å².